The van der Waals surface area contributed by atoms with Gasteiger partial charge in [-0.05, 0) is 62.2 Å². The van der Waals surface area contributed by atoms with E-state index < -0.39 is 16.1 Å². The van der Waals surface area contributed by atoms with Crippen molar-refractivity contribution >= 4 is 26.9 Å². The van der Waals surface area contributed by atoms with Gasteiger partial charge >= 0.3 is 5.97 Å². The third-order valence-electron chi connectivity index (χ3n) is 5.21. The van der Waals surface area contributed by atoms with E-state index in [4.69, 9.17) is 9.29 Å². The number of carboxylic acid groups (broad SMARTS) is 1. The molecule has 4 aromatic rings. The molecule has 0 amide bonds. The molecule has 0 aliphatic heterocycles. The summed E-state index contributed by atoms with van der Waals surface area (Å²) in [6, 6.07) is 19.0. The van der Waals surface area contributed by atoms with E-state index in [-0.39, 0.29) is 16.3 Å². The minimum absolute atomic E-state index is 0.0666. The first kappa shape index (κ1) is 25.7. The predicted octanol–water partition coefficient (Wildman–Crippen LogP) is 5.54. The molecule has 0 spiro atoms. The number of carbonyl (C=O) groups is 1. The minimum Gasteiger partial charge on any atom is -0.505 e. The van der Waals surface area contributed by atoms with Crippen LogP contribution in [0.2, 0.25) is 0 Å². The molecule has 1 aromatic heterocycles. The molecule has 0 unspecified atom stereocenters. The Morgan fingerprint density at radius 2 is 1.60 bits per heavy atom. The molecule has 0 fully saturated rings. The number of para-hydroxylation sites is 1. The average molecular weight is 496 g/mol. The number of aromatic hydroxyl groups is 1. The van der Waals surface area contributed by atoms with E-state index in [1.165, 1.54) is 12.1 Å². The Morgan fingerprint density at radius 1 is 0.971 bits per heavy atom. The van der Waals surface area contributed by atoms with Crippen LogP contribution in [0.5, 0.6) is 17.2 Å². The van der Waals surface area contributed by atoms with Gasteiger partial charge in [0.1, 0.15) is 11.5 Å². The Hall–Kier alpha value is -3.95. The summed E-state index contributed by atoms with van der Waals surface area (Å²) in [4.78, 5) is 15.2. The van der Waals surface area contributed by atoms with Crippen molar-refractivity contribution in [1.29, 1.82) is 0 Å². The third kappa shape index (κ3) is 6.14. The molecule has 0 aliphatic carbocycles. The molecule has 3 N–H and O–H groups in total. The van der Waals surface area contributed by atoms with E-state index >= 15 is 0 Å². The van der Waals surface area contributed by atoms with Crippen LogP contribution in [0.15, 0.2) is 71.6 Å². The van der Waals surface area contributed by atoms with Crippen molar-refractivity contribution in [3.63, 3.8) is 0 Å². The lowest BCUT2D eigenvalue weighted by Gasteiger charge is -2.14. The summed E-state index contributed by atoms with van der Waals surface area (Å²) < 4.78 is 35.4. The van der Waals surface area contributed by atoms with Gasteiger partial charge in [0.25, 0.3) is 10.1 Å². The zero-order chi connectivity index (χ0) is 25.8. The number of aryl methyl sites for hydroxylation is 3. The lowest BCUT2D eigenvalue weighted by Crippen LogP contribution is -2.04. The van der Waals surface area contributed by atoms with Gasteiger partial charge in [-0.15, -0.1) is 0 Å². The fourth-order valence-corrected chi connectivity index (χ4v) is 3.94. The normalized spacial score (nSPS) is 11.0. The summed E-state index contributed by atoms with van der Waals surface area (Å²) in [5, 5.41) is 20.8. The van der Waals surface area contributed by atoms with Crippen LogP contribution in [0.25, 0.3) is 10.8 Å². The molecule has 8 nitrogen and oxygen atoms in total. The molecule has 0 aliphatic rings. The molecule has 0 radical (unpaired) electrons. The Labute approximate surface area is 203 Å². The summed E-state index contributed by atoms with van der Waals surface area (Å²) >= 11 is 0. The van der Waals surface area contributed by atoms with Crippen LogP contribution in [0.1, 0.15) is 34.2 Å². The Kier molecular flexibility index (Phi) is 7.73. The molecule has 182 valence electrons. The number of hydrogen-bond donors (Lipinski definition) is 3. The van der Waals surface area contributed by atoms with Gasteiger partial charge in [0, 0.05) is 16.5 Å². The van der Waals surface area contributed by atoms with Gasteiger partial charge in [-0.1, -0.05) is 42.8 Å². The molecular weight excluding hydrogens is 470 g/mol. The maximum Gasteiger partial charge on any atom is 0.358 e. The SMILES string of the molecule is CCc1cc(Oc2ccccc2)cc2c(C)nc(C(=O)O)c(O)c12.Cc1ccc(S(=O)(=O)O)cc1. The first-order valence-electron chi connectivity index (χ1n) is 10.7. The van der Waals surface area contributed by atoms with E-state index in [2.05, 4.69) is 4.98 Å². The second-order valence-corrected chi connectivity index (χ2v) is 9.18. The molecule has 0 saturated carbocycles. The molecule has 0 saturated heterocycles. The monoisotopic (exact) mass is 495 g/mol. The summed E-state index contributed by atoms with van der Waals surface area (Å²) in [5.41, 5.74) is 1.97. The Balaban J connectivity index is 0.000000261. The zero-order valence-corrected chi connectivity index (χ0v) is 20.2. The van der Waals surface area contributed by atoms with Gasteiger partial charge in [0.05, 0.1) is 4.90 Å². The van der Waals surface area contributed by atoms with Gasteiger partial charge in [0.15, 0.2) is 11.4 Å². The van der Waals surface area contributed by atoms with Gasteiger partial charge in [0.2, 0.25) is 0 Å². The van der Waals surface area contributed by atoms with Crippen molar-refractivity contribution in [3.8, 4) is 17.2 Å². The predicted molar refractivity (Wildman–Crippen MR) is 132 cm³/mol. The fraction of sp³-hybridized carbons (Fsp3) is 0.154. The highest BCUT2D eigenvalue weighted by molar-refractivity contribution is 7.85. The number of rotatable bonds is 5. The lowest BCUT2D eigenvalue weighted by atomic mass is 9.99. The number of aromatic nitrogens is 1. The summed E-state index contributed by atoms with van der Waals surface area (Å²) in [7, 11) is -4.02. The van der Waals surface area contributed by atoms with Gasteiger partial charge < -0.3 is 14.9 Å². The number of aromatic carboxylic acids is 1. The standard InChI is InChI=1S/C19H17NO4.C7H8O3S/c1-3-12-9-14(24-13-7-5-4-6-8-13)10-15-11(2)20-17(19(22)23)18(21)16(12)15;1-6-2-4-7(5-3-6)11(8,9)10/h4-10,21H,3H2,1-2H3,(H,22,23);2-5H,1H3,(H,8,9,10). The summed E-state index contributed by atoms with van der Waals surface area (Å²) in [6.45, 7) is 5.50. The van der Waals surface area contributed by atoms with Crippen molar-refractivity contribution in [2.75, 3.05) is 0 Å². The summed E-state index contributed by atoms with van der Waals surface area (Å²) in [6.07, 6.45) is 0.624. The molecular formula is C26H25NO7S. The number of nitrogens with zero attached hydrogens (tertiary/aromatic N) is 1. The second-order valence-electron chi connectivity index (χ2n) is 7.76. The van der Waals surface area contributed by atoms with E-state index in [0.29, 0.717) is 34.4 Å². The quantitative estimate of drug-likeness (QED) is 0.307. The number of ether oxygens (including phenoxy) is 1. The van der Waals surface area contributed by atoms with Crippen LogP contribution in [0.3, 0.4) is 0 Å². The number of benzene rings is 3. The van der Waals surface area contributed by atoms with E-state index in [0.717, 1.165) is 11.1 Å². The van der Waals surface area contributed by atoms with Crippen molar-refractivity contribution in [1.82, 2.24) is 4.98 Å². The fourth-order valence-electron chi connectivity index (χ4n) is 3.46. The largest absolute Gasteiger partial charge is 0.505 e. The smallest absolute Gasteiger partial charge is 0.358 e. The number of fused-ring (bicyclic) bond motifs is 1. The van der Waals surface area contributed by atoms with Crippen LogP contribution in [0, 0.1) is 13.8 Å². The van der Waals surface area contributed by atoms with Crippen LogP contribution < -0.4 is 4.74 Å². The molecule has 0 atom stereocenters. The first-order valence-corrected chi connectivity index (χ1v) is 12.1. The second kappa shape index (κ2) is 10.5. The third-order valence-corrected chi connectivity index (χ3v) is 6.07. The van der Waals surface area contributed by atoms with E-state index in [9.17, 15) is 23.4 Å². The minimum atomic E-state index is -4.02. The molecule has 35 heavy (non-hydrogen) atoms. The molecule has 3 aromatic carbocycles. The van der Waals surface area contributed by atoms with Crippen LogP contribution in [-0.4, -0.2) is 34.1 Å². The Bertz CT molecular complexity index is 1470. The zero-order valence-electron chi connectivity index (χ0n) is 19.4. The summed E-state index contributed by atoms with van der Waals surface area (Å²) in [5.74, 6) is -0.218. The van der Waals surface area contributed by atoms with E-state index in [1.807, 2.05) is 50.2 Å². The van der Waals surface area contributed by atoms with Crippen molar-refractivity contribution in [3.05, 3.63) is 89.2 Å². The van der Waals surface area contributed by atoms with Crippen LogP contribution in [0.4, 0.5) is 0 Å². The highest BCUT2D eigenvalue weighted by Gasteiger charge is 2.20. The van der Waals surface area contributed by atoms with Crippen molar-refractivity contribution in [2.45, 2.75) is 32.1 Å². The van der Waals surface area contributed by atoms with Gasteiger partial charge in [-0.3, -0.25) is 4.55 Å². The highest BCUT2D eigenvalue weighted by Crippen LogP contribution is 2.36. The van der Waals surface area contributed by atoms with Gasteiger partial charge in [-0.25, -0.2) is 9.78 Å². The molecule has 9 heteroatoms. The molecule has 0 bridgehead atoms. The van der Waals surface area contributed by atoms with Crippen LogP contribution in [-0.2, 0) is 16.5 Å². The first-order chi connectivity index (χ1) is 16.5. The maximum absolute atomic E-state index is 11.3. The van der Waals surface area contributed by atoms with Gasteiger partial charge in [-0.2, -0.15) is 8.42 Å². The van der Waals surface area contributed by atoms with E-state index in [1.54, 1.807) is 25.1 Å². The topological polar surface area (TPSA) is 134 Å². The molecule has 1 heterocycles. The maximum atomic E-state index is 11.3. The number of pyridine rings is 1. The molecule has 4 rings (SSSR count). The number of carboxylic acids is 1. The van der Waals surface area contributed by atoms with Crippen LogP contribution >= 0.6 is 0 Å². The number of hydrogen-bond acceptors (Lipinski definition) is 6. The van der Waals surface area contributed by atoms with Crippen molar-refractivity contribution < 1.29 is 32.7 Å². The highest BCUT2D eigenvalue weighted by atomic mass is 32.2. The van der Waals surface area contributed by atoms with Crippen molar-refractivity contribution in [2.24, 2.45) is 0 Å². The Morgan fingerprint density at radius 3 is 2.14 bits per heavy atom. The lowest BCUT2D eigenvalue weighted by molar-refractivity contribution is 0.0687. The average Bonchev–Trinajstić information content (AvgIpc) is 2.81.